The number of hydrogen-bond acceptors (Lipinski definition) is 2. The van der Waals surface area contributed by atoms with Gasteiger partial charge in [-0.2, -0.15) is 5.10 Å². The maximum absolute atomic E-state index is 11.8. The molecule has 0 spiro atoms. The first kappa shape index (κ1) is 13.1. The first-order chi connectivity index (χ1) is 10.8. The standard InChI is InChI=1S/C18H17N3O/c22-18(14-8-9-14)20-16-10-19-21(12-16)11-15-6-3-5-13-4-1-2-7-17(13)15/h1-7,10,12,14H,8-9,11H2,(H,20,22). The first-order valence-electron chi connectivity index (χ1n) is 7.59. The SMILES string of the molecule is O=C(Nc1cnn(Cc2cccc3ccccc23)c1)C1CC1. The predicted octanol–water partition coefficient (Wildman–Crippen LogP) is 3.43. The molecule has 0 unspecified atom stereocenters. The molecule has 1 N–H and O–H groups in total. The van der Waals surface area contributed by atoms with Gasteiger partial charge in [-0.3, -0.25) is 9.48 Å². The van der Waals surface area contributed by atoms with E-state index in [9.17, 15) is 4.79 Å². The number of anilines is 1. The van der Waals surface area contributed by atoms with Gasteiger partial charge < -0.3 is 5.32 Å². The van der Waals surface area contributed by atoms with Crippen molar-refractivity contribution in [3.05, 3.63) is 60.4 Å². The number of aromatic nitrogens is 2. The molecule has 4 nitrogen and oxygen atoms in total. The fraction of sp³-hybridized carbons (Fsp3) is 0.222. The number of nitrogens with one attached hydrogen (secondary N) is 1. The van der Waals surface area contributed by atoms with Crippen LogP contribution in [-0.2, 0) is 11.3 Å². The third-order valence-corrected chi connectivity index (χ3v) is 4.06. The van der Waals surface area contributed by atoms with E-state index in [1.165, 1.54) is 16.3 Å². The number of rotatable bonds is 4. The van der Waals surface area contributed by atoms with Crippen molar-refractivity contribution in [1.29, 1.82) is 0 Å². The number of carbonyl (C=O) groups is 1. The summed E-state index contributed by atoms with van der Waals surface area (Å²) in [6.07, 6.45) is 5.62. The minimum absolute atomic E-state index is 0.115. The Hall–Kier alpha value is -2.62. The van der Waals surface area contributed by atoms with Crippen LogP contribution in [0, 0.1) is 5.92 Å². The van der Waals surface area contributed by atoms with E-state index in [0.29, 0.717) is 6.54 Å². The normalized spacial score (nSPS) is 14.2. The van der Waals surface area contributed by atoms with Crippen LogP contribution in [0.3, 0.4) is 0 Å². The maximum Gasteiger partial charge on any atom is 0.227 e. The van der Waals surface area contributed by atoms with Crippen LogP contribution in [-0.4, -0.2) is 15.7 Å². The quantitative estimate of drug-likeness (QED) is 0.800. The lowest BCUT2D eigenvalue weighted by atomic mass is 10.0. The summed E-state index contributed by atoms with van der Waals surface area (Å²) < 4.78 is 1.87. The van der Waals surface area contributed by atoms with Crippen molar-refractivity contribution in [2.75, 3.05) is 5.32 Å². The summed E-state index contributed by atoms with van der Waals surface area (Å²) >= 11 is 0. The lowest BCUT2D eigenvalue weighted by Gasteiger charge is -2.06. The summed E-state index contributed by atoms with van der Waals surface area (Å²) in [5.41, 5.74) is 2.00. The van der Waals surface area contributed by atoms with Gasteiger partial charge in [0.15, 0.2) is 0 Å². The van der Waals surface area contributed by atoms with E-state index in [-0.39, 0.29) is 11.8 Å². The summed E-state index contributed by atoms with van der Waals surface area (Å²) in [6.45, 7) is 0.695. The average Bonchev–Trinajstić information content (AvgIpc) is 3.30. The van der Waals surface area contributed by atoms with E-state index in [0.717, 1.165) is 18.5 Å². The number of amides is 1. The zero-order chi connectivity index (χ0) is 14.9. The van der Waals surface area contributed by atoms with Crippen molar-refractivity contribution in [2.45, 2.75) is 19.4 Å². The number of nitrogens with zero attached hydrogens (tertiary/aromatic N) is 2. The molecule has 1 heterocycles. The fourth-order valence-electron chi connectivity index (χ4n) is 2.71. The Morgan fingerprint density at radius 1 is 1.18 bits per heavy atom. The second-order valence-corrected chi connectivity index (χ2v) is 5.83. The van der Waals surface area contributed by atoms with Crippen molar-refractivity contribution in [1.82, 2.24) is 9.78 Å². The Morgan fingerprint density at radius 2 is 2.00 bits per heavy atom. The number of benzene rings is 2. The number of carbonyl (C=O) groups excluding carboxylic acids is 1. The molecule has 110 valence electrons. The smallest absolute Gasteiger partial charge is 0.227 e. The van der Waals surface area contributed by atoms with E-state index in [2.05, 4.69) is 46.8 Å². The van der Waals surface area contributed by atoms with Crippen molar-refractivity contribution in [3.63, 3.8) is 0 Å². The van der Waals surface area contributed by atoms with Crippen LogP contribution in [0.1, 0.15) is 18.4 Å². The summed E-state index contributed by atoms with van der Waals surface area (Å²) in [7, 11) is 0. The Labute approximate surface area is 128 Å². The van der Waals surface area contributed by atoms with Crippen LogP contribution < -0.4 is 5.32 Å². The highest BCUT2D eigenvalue weighted by Gasteiger charge is 2.29. The molecule has 0 atom stereocenters. The highest BCUT2D eigenvalue weighted by Crippen LogP contribution is 2.30. The third kappa shape index (κ3) is 2.60. The molecule has 1 aromatic heterocycles. The van der Waals surface area contributed by atoms with Crippen molar-refractivity contribution >= 4 is 22.4 Å². The highest BCUT2D eigenvalue weighted by molar-refractivity contribution is 5.93. The van der Waals surface area contributed by atoms with Crippen molar-refractivity contribution < 1.29 is 4.79 Å². The molecular formula is C18H17N3O. The summed E-state index contributed by atoms with van der Waals surface area (Å²) in [4.78, 5) is 11.8. The van der Waals surface area contributed by atoms with Gasteiger partial charge in [0, 0.05) is 12.1 Å². The van der Waals surface area contributed by atoms with Gasteiger partial charge in [-0.25, -0.2) is 0 Å². The second kappa shape index (κ2) is 5.30. The van der Waals surface area contributed by atoms with Crippen LogP contribution in [0.15, 0.2) is 54.9 Å². The molecular weight excluding hydrogens is 274 g/mol. The zero-order valence-electron chi connectivity index (χ0n) is 12.2. The van der Waals surface area contributed by atoms with Gasteiger partial charge in [0.25, 0.3) is 0 Å². The Kier molecular flexibility index (Phi) is 3.15. The minimum atomic E-state index is 0.115. The summed E-state index contributed by atoms with van der Waals surface area (Å²) in [5, 5.41) is 9.75. The van der Waals surface area contributed by atoms with Crippen LogP contribution in [0.4, 0.5) is 5.69 Å². The molecule has 0 aliphatic heterocycles. The molecule has 22 heavy (non-hydrogen) atoms. The van der Waals surface area contributed by atoms with Crippen LogP contribution in [0.2, 0.25) is 0 Å². The second-order valence-electron chi connectivity index (χ2n) is 5.83. The molecule has 4 rings (SSSR count). The number of hydrogen-bond donors (Lipinski definition) is 1. The largest absolute Gasteiger partial charge is 0.323 e. The van der Waals surface area contributed by atoms with Crippen LogP contribution >= 0.6 is 0 Å². The maximum atomic E-state index is 11.8. The summed E-state index contributed by atoms with van der Waals surface area (Å²) in [5.74, 6) is 0.325. The summed E-state index contributed by atoms with van der Waals surface area (Å²) in [6, 6.07) is 14.6. The van der Waals surface area contributed by atoms with E-state index in [1.807, 2.05) is 16.9 Å². The van der Waals surface area contributed by atoms with Gasteiger partial charge in [0.05, 0.1) is 18.4 Å². The Morgan fingerprint density at radius 3 is 2.86 bits per heavy atom. The van der Waals surface area contributed by atoms with E-state index in [1.54, 1.807) is 6.20 Å². The highest BCUT2D eigenvalue weighted by atomic mass is 16.2. The van der Waals surface area contributed by atoms with Crippen molar-refractivity contribution in [2.24, 2.45) is 5.92 Å². The third-order valence-electron chi connectivity index (χ3n) is 4.06. The predicted molar refractivity (Wildman–Crippen MR) is 86.6 cm³/mol. The molecule has 2 aromatic carbocycles. The van der Waals surface area contributed by atoms with Gasteiger partial charge in [-0.05, 0) is 29.2 Å². The Bertz CT molecular complexity index is 828. The van der Waals surface area contributed by atoms with E-state index >= 15 is 0 Å². The molecule has 1 saturated carbocycles. The number of fused-ring (bicyclic) bond motifs is 1. The van der Waals surface area contributed by atoms with Crippen molar-refractivity contribution in [3.8, 4) is 0 Å². The van der Waals surface area contributed by atoms with Gasteiger partial charge >= 0.3 is 0 Å². The lowest BCUT2D eigenvalue weighted by molar-refractivity contribution is -0.117. The molecule has 1 fully saturated rings. The molecule has 1 amide bonds. The van der Waals surface area contributed by atoms with Gasteiger partial charge in [0.1, 0.15) is 0 Å². The van der Waals surface area contributed by atoms with Crippen LogP contribution in [0.5, 0.6) is 0 Å². The van der Waals surface area contributed by atoms with Gasteiger partial charge in [-0.15, -0.1) is 0 Å². The van der Waals surface area contributed by atoms with E-state index < -0.39 is 0 Å². The topological polar surface area (TPSA) is 46.9 Å². The van der Waals surface area contributed by atoms with E-state index in [4.69, 9.17) is 0 Å². The fourth-order valence-corrected chi connectivity index (χ4v) is 2.71. The molecule has 1 aliphatic carbocycles. The molecule has 0 saturated heterocycles. The molecule has 4 heteroatoms. The molecule has 0 radical (unpaired) electrons. The minimum Gasteiger partial charge on any atom is -0.323 e. The molecule has 3 aromatic rings. The molecule has 0 bridgehead atoms. The zero-order valence-corrected chi connectivity index (χ0v) is 12.2. The van der Waals surface area contributed by atoms with Crippen LogP contribution in [0.25, 0.3) is 10.8 Å². The average molecular weight is 291 g/mol. The Balaban J connectivity index is 1.55. The monoisotopic (exact) mass is 291 g/mol. The van der Waals surface area contributed by atoms with Gasteiger partial charge in [-0.1, -0.05) is 42.5 Å². The van der Waals surface area contributed by atoms with Gasteiger partial charge in [0.2, 0.25) is 5.91 Å². The first-order valence-corrected chi connectivity index (χ1v) is 7.59. The lowest BCUT2D eigenvalue weighted by Crippen LogP contribution is -2.12. The molecule has 1 aliphatic rings.